The Bertz CT molecular complexity index is 1250. The number of ether oxygens (including phenoxy) is 1. The number of hydrogen-bond acceptors (Lipinski definition) is 3. The summed E-state index contributed by atoms with van der Waals surface area (Å²) in [6.45, 7) is 0.298. The summed E-state index contributed by atoms with van der Waals surface area (Å²) >= 11 is 0. The summed E-state index contributed by atoms with van der Waals surface area (Å²) in [6, 6.07) is 25.8. The first kappa shape index (κ1) is 19.1. The number of methoxy groups -OCH3 is 1. The van der Waals surface area contributed by atoms with E-state index in [1.807, 2.05) is 78.9 Å². The van der Waals surface area contributed by atoms with Gasteiger partial charge >= 0.3 is 0 Å². The lowest BCUT2D eigenvalue weighted by atomic mass is 9.51. The lowest BCUT2D eigenvalue weighted by molar-refractivity contribution is -0.140. The highest BCUT2D eigenvalue weighted by atomic mass is 16.5. The van der Waals surface area contributed by atoms with E-state index >= 15 is 0 Å². The van der Waals surface area contributed by atoms with Crippen molar-refractivity contribution in [2.75, 3.05) is 7.11 Å². The average Bonchev–Trinajstić information content (AvgIpc) is 3.07. The number of allylic oxidation sites excluding steroid dienone is 1. The van der Waals surface area contributed by atoms with Crippen molar-refractivity contribution in [3.05, 3.63) is 113 Å². The molecule has 4 aliphatic rings. The quantitative estimate of drug-likeness (QED) is 0.458. The van der Waals surface area contributed by atoms with E-state index in [2.05, 4.69) is 12.1 Å². The molecule has 4 atom stereocenters. The predicted molar refractivity (Wildman–Crippen MR) is 121 cm³/mol. The van der Waals surface area contributed by atoms with Crippen LogP contribution < -0.4 is 4.74 Å². The van der Waals surface area contributed by atoms with Crippen LogP contribution in [0.4, 0.5) is 0 Å². The van der Waals surface area contributed by atoms with Crippen LogP contribution in [0.1, 0.15) is 34.1 Å². The average molecular weight is 421 g/mol. The Morgan fingerprint density at radius 1 is 0.906 bits per heavy atom. The molecule has 4 nitrogen and oxygen atoms in total. The molecule has 4 heteroatoms. The molecular formula is C28H23NO3. The maximum absolute atomic E-state index is 14.0. The van der Waals surface area contributed by atoms with Crippen LogP contribution in [0.5, 0.6) is 5.75 Å². The standard InChI is InChI=1S/C28H23NO3/c1-32-20-13-11-19(12-14-20)24-22-15-16-28(23-10-6-5-9-21(22)23)25(24)26(30)29(27(28)31)17-18-7-3-2-4-8-18/h2-16,22,24-25H,17H2,1H3/t22-,24+,25+,28-/m0/s1. The first-order chi connectivity index (χ1) is 15.6. The first-order valence-electron chi connectivity index (χ1n) is 11.0. The Labute approximate surface area is 187 Å². The zero-order valence-electron chi connectivity index (χ0n) is 17.8. The number of benzene rings is 3. The van der Waals surface area contributed by atoms with Crippen LogP contribution in [0.3, 0.4) is 0 Å². The summed E-state index contributed by atoms with van der Waals surface area (Å²) in [5.74, 6) is 0.0927. The van der Waals surface area contributed by atoms with Crippen LogP contribution in [0.2, 0.25) is 0 Å². The van der Waals surface area contributed by atoms with Crippen molar-refractivity contribution < 1.29 is 14.3 Å². The molecule has 32 heavy (non-hydrogen) atoms. The molecule has 2 amide bonds. The summed E-state index contributed by atoms with van der Waals surface area (Å²) in [5.41, 5.74) is 3.21. The summed E-state index contributed by atoms with van der Waals surface area (Å²) in [4.78, 5) is 29.4. The molecule has 1 fully saturated rings. The van der Waals surface area contributed by atoms with Gasteiger partial charge in [-0.1, -0.05) is 78.9 Å². The molecule has 0 unspecified atom stereocenters. The minimum atomic E-state index is -0.943. The molecule has 3 aromatic rings. The van der Waals surface area contributed by atoms with Crippen molar-refractivity contribution in [1.29, 1.82) is 0 Å². The van der Waals surface area contributed by atoms with Crippen molar-refractivity contribution in [2.45, 2.75) is 23.8 Å². The second-order valence-electron chi connectivity index (χ2n) is 8.83. The van der Waals surface area contributed by atoms with Crippen molar-refractivity contribution in [2.24, 2.45) is 5.92 Å². The van der Waals surface area contributed by atoms with E-state index in [1.165, 1.54) is 4.90 Å². The smallest absolute Gasteiger partial charge is 0.244 e. The molecule has 0 radical (unpaired) electrons. The van der Waals surface area contributed by atoms with Gasteiger partial charge in [0.1, 0.15) is 11.2 Å². The highest BCUT2D eigenvalue weighted by Gasteiger charge is 2.67. The summed E-state index contributed by atoms with van der Waals surface area (Å²) in [7, 11) is 1.65. The lowest BCUT2D eigenvalue weighted by Gasteiger charge is -2.48. The second-order valence-corrected chi connectivity index (χ2v) is 8.83. The number of carbonyl (C=O) groups excluding carboxylic acids is 2. The van der Waals surface area contributed by atoms with E-state index in [9.17, 15) is 9.59 Å². The van der Waals surface area contributed by atoms with Gasteiger partial charge in [-0.15, -0.1) is 0 Å². The third-order valence-corrected chi connectivity index (χ3v) is 7.38. The van der Waals surface area contributed by atoms with Crippen LogP contribution in [0, 0.1) is 5.92 Å². The highest BCUT2D eigenvalue weighted by molar-refractivity contribution is 6.13. The third kappa shape index (κ3) is 2.44. The molecule has 0 aromatic heterocycles. The van der Waals surface area contributed by atoms with Gasteiger partial charge in [0.15, 0.2) is 0 Å². The first-order valence-corrected chi connectivity index (χ1v) is 11.0. The Morgan fingerprint density at radius 3 is 2.38 bits per heavy atom. The maximum atomic E-state index is 14.0. The number of likely N-dealkylation sites (tertiary alicyclic amines) is 1. The Hall–Kier alpha value is -3.66. The van der Waals surface area contributed by atoms with Crippen molar-refractivity contribution in [3.63, 3.8) is 0 Å². The monoisotopic (exact) mass is 421 g/mol. The maximum Gasteiger partial charge on any atom is 0.244 e. The molecule has 0 N–H and O–H groups in total. The van der Waals surface area contributed by atoms with Crippen LogP contribution >= 0.6 is 0 Å². The van der Waals surface area contributed by atoms with Crippen molar-refractivity contribution in [1.82, 2.24) is 4.90 Å². The molecule has 1 heterocycles. The zero-order chi connectivity index (χ0) is 21.9. The summed E-state index contributed by atoms with van der Waals surface area (Å²) < 4.78 is 5.34. The number of amides is 2. The Morgan fingerprint density at radius 2 is 1.62 bits per heavy atom. The fourth-order valence-electron chi connectivity index (χ4n) is 5.99. The Balaban J connectivity index is 1.52. The van der Waals surface area contributed by atoms with Gasteiger partial charge in [-0.3, -0.25) is 14.5 Å². The van der Waals surface area contributed by atoms with E-state index in [1.54, 1.807) is 7.11 Å². The van der Waals surface area contributed by atoms with E-state index in [0.717, 1.165) is 28.0 Å². The van der Waals surface area contributed by atoms with E-state index in [0.29, 0.717) is 6.54 Å². The van der Waals surface area contributed by atoms with E-state index in [-0.39, 0.29) is 23.7 Å². The van der Waals surface area contributed by atoms with Gasteiger partial charge in [0.25, 0.3) is 0 Å². The molecule has 3 aliphatic carbocycles. The molecule has 3 aromatic carbocycles. The van der Waals surface area contributed by atoms with Gasteiger partial charge in [-0.25, -0.2) is 0 Å². The highest BCUT2D eigenvalue weighted by Crippen LogP contribution is 2.62. The SMILES string of the molecule is COc1ccc([C@@H]2[C@H]3C=C[C@]4(C(=O)N(Cc5ccccc5)C(=O)[C@@H]24)c2ccccc23)cc1. The Kier molecular flexibility index (Phi) is 4.12. The van der Waals surface area contributed by atoms with Gasteiger partial charge in [-0.2, -0.15) is 0 Å². The minimum absolute atomic E-state index is 0.0555. The number of imide groups is 1. The van der Waals surface area contributed by atoms with Crippen molar-refractivity contribution >= 4 is 11.8 Å². The predicted octanol–water partition coefficient (Wildman–Crippen LogP) is 4.57. The molecule has 0 saturated carbocycles. The lowest BCUT2D eigenvalue weighted by Crippen LogP contribution is -2.49. The van der Waals surface area contributed by atoms with Crippen LogP contribution in [-0.2, 0) is 21.5 Å². The van der Waals surface area contributed by atoms with Crippen LogP contribution in [0.15, 0.2) is 91.0 Å². The fourth-order valence-corrected chi connectivity index (χ4v) is 5.99. The topological polar surface area (TPSA) is 46.6 Å². The normalized spacial score (nSPS) is 27.4. The summed E-state index contributed by atoms with van der Waals surface area (Å²) in [5, 5.41) is 0. The second kappa shape index (κ2) is 6.92. The van der Waals surface area contributed by atoms with Gasteiger partial charge in [0, 0.05) is 11.8 Å². The molecule has 1 spiro atoms. The molecule has 1 aliphatic heterocycles. The van der Waals surface area contributed by atoms with Crippen LogP contribution in [0.25, 0.3) is 0 Å². The number of rotatable bonds is 4. The summed E-state index contributed by atoms with van der Waals surface area (Å²) in [6.07, 6.45) is 4.15. The van der Waals surface area contributed by atoms with Gasteiger partial charge in [0.05, 0.1) is 19.6 Å². The van der Waals surface area contributed by atoms with Gasteiger partial charge in [-0.05, 0) is 34.4 Å². The molecule has 1 saturated heterocycles. The van der Waals surface area contributed by atoms with Gasteiger partial charge < -0.3 is 4.74 Å². The van der Waals surface area contributed by atoms with E-state index in [4.69, 9.17) is 4.74 Å². The molecular weight excluding hydrogens is 398 g/mol. The number of hydrogen-bond donors (Lipinski definition) is 0. The van der Waals surface area contributed by atoms with Crippen LogP contribution in [-0.4, -0.2) is 23.8 Å². The fraction of sp³-hybridized carbons (Fsp3) is 0.214. The third-order valence-electron chi connectivity index (χ3n) is 7.38. The molecule has 158 valence electrons. The number of carbonyl (C=O) groups is 2. The zero-order valence-corrected chi connectivity index (χ0v) is 17.8. The van der Waals surface area contributed by atoms with Gasteiger partial charge in [0.2, 0.25) is 11.8 Å². The number of nitrogens with zero attached hydrogens (tertiary/aromatic N) is 1. The molecule has 2 bridgehead atoms. The largest absolute Gasteiger partial charge is 0.497 e. The minimum Gasteiger partial charge on any atom is -0.497 e. The van der Waals surface area contributed by atoms with E-state index < -0.39 is 11.3 Å². The molecule has 7 rings (SSSR count). The van der Waals surface area contributed by atoms with Crippen molar-refractivity contribution in [3.8, 4) is 5.75 Å².